The molecule has 0 saturated heterocycles. The van der Waals surface area contributed by atoms with Gasteiger partial charge in [0.1, 0.15) is 18.5 Å². The number of ether oxygens (including phenoxy) is 1. The van der Waals surface area contributed by atoms with E-state index in [0.717, 1.165) is 5.75 Å². The van der Waals surface area contributed by atoms with Gasteiger partial charge in [-0.2, -0.15) is 5.48 Å². The molecule has 0 aliphatic carbocycles. The van der Waals surface area contributed by atoms with Crippen molar-refractivity contribution in [2.24, 2.45) is 5.92 Å². The van der Waals surface area contributed by atoms with Crippen molar-refractivity contribution in [1.29, 1.82) is 0 Å². The van der Waals surface area contributed by atoms with Crippen molar-refractivity contribution in [3.63, 3.8) is 0 Å². The van der Waals surface area contributed by atoms with Gasteiger partial charge in [-0.25, -0.2) is 0 Å². The SMILES string of the molecule is Cc1ccc(OCC(O)CNOCC(C)C)cc1. The zero-order chi connectivity index (χ0) is 13.4. The van der Waals surface area contributed by atoms with E-state index >= 15 is 0 Å². The lowest BCUT2D eigenvalue weighted by molar-refractivity contribution is -0.00773. The highest BCUT2D eigenvalue weighted by Crippen LogP contribution is 2.11. The Morgan fingerprint density at radius 1 is 1.17 bits per heavy atom. The van der Waals surface area contributed by atoms with E-state index < -0.39 is 6.10 Å². The van der Waals surface area contributed by atoms with Gasteiger partial charge in [-0.1, -0.05) is 31.5 Å². The summed E-state index contributed by atoms with van der Waals surface area (Å²) < 4.78 is 5.46. The van der Waals surface area contributed by atoms with Crippen LogP contribution in [-0.2, 0) is 4.84 Å². The smallest absolute Gasteiger partial charge is 0.119 e. The first-order valence-electron chi connectivity index (χ1n) is 6.30. The number of aryl methyl sites for hydroxylation is 1. The number of hydrogen-bond acceptors (Lipinski definition) is 4. The first-order valence-corrected chi connectivity index (χ1v) is 6.30. The molecule has 1 aromatic rings. The standard InChI is InChI=1S/C14H23NO3/c1-11(2)9-18-15-8-13(16)10-17-14-6-4-12(3)5-7-14/h4-7,11,13,15-16H,8-10H2,1-3H3. The number of aliphatic hydroxyl groups is 1. The molecule has 0 aromatic heterocycles. The molecule has 1 rings (SSSR count). The summed E-state index contributed by atoms with van der Waals surface area (Å²) in [5, 5.41) is 9.66. The van der Waals surface area contributed by atoms with Gasteiger partial charge in [-0.3, -0.25) is 0 Å². The average molecular weight is 253 g/mol. The predicted molar refractivity (Wildman–Crippen MR) is 71.5 cm³/mol. The molecule has 1 unspecified atom stereocenters. The predicted octanol–water partition coefficient (Wildman–Crippen LogP) is 1.91. The average Bonchev–Trinajstić information content (AvgIpc) is 2.34. The first-order chi connectivity index (χ1) is 8.58. The van der Waals surface area contributed by atoms with Crippen LogP contribution < -0.4 is 10.2 Å². The Balaban J connectivity index is 2.13. The van der Waals surface area contributed by atoms with E-state index in [1.165, 1.54) is 5.56 Å². The fraction of sp³-hybridized carbons (Fsp3) is 0.571. The van der Waals surface area contributed by atoms with E-state index in [1.54, 1.807) is 0 Å². The van der Waals surface area contributed by atoms with Gasteiger partial charge in [0.2, 0.25) is 0 Å². The van der Waals surface area contributed by atoms with Crippen LogP contribution in [0.4, 0.5) is 0 Å². The van der Waals surface area contributed by atoms with E-state index in [2.05, 4.69) is 19.3 Å². The third-order valence-corrected chi connectivity index (χ3v) is 2.30. The van der Waals surface area contributed by atoms with Crippen molar-refractivity contribution in [3.8, 4) is 5.75 Å². The maximum Gasteiger partial charge on any atom is 0.119 e. The van der Waals surface area contributed by atoms with E-state index in [9.17, 15) is 5.11 Å². The van der Waals surface area contributed by atoms with Gasteiger partial charge in [0.15, 0.2) is 0 Å². The van der Waals surface area contributed by atoms with Crippen LogP contribution in [0.15, 0.2) is 24.3 Å². The first kappa shape index (κ1) is 15.0. The van der Waals surface area contributed by atoms with Crippen molar-refractivity contribution in [2.75, 3.05) is 19.8 Å². The molecule has 0 aliphatic rings. The van der Waals surface area contributed by atoms with Crippen LogP contribution in [0.1, 0.15) is 19.4 Å². The molecule has 1 atom stereocenters. The van der Waals surface area contributed by atoms with Crippen LogP contribution in [-0.4, -0.2) is 31.0 Å². The Morgan fingerprint density at radius 2 is 1.83 bits per heavy atom. The van der Waals surface area contributed by atoms with Crippen LogP contribution in [0.5, 0.6) is 5.75 Å². The summed E-state index contributed by atoms with van der Waals surface area (Å²) in [5.74, 6) is 1.24. The normalized spacial score (nSPS) is 12.7. The summed E-state index contributed by atoms with van der Waals surface area (Å²) >= 11 is 0. The number of hydroxylamine groups is 1. The summed E-state index contributed by atoms with van der Waals surface area (Å²) in [7, 11) is 0. The molecule has 0 aliphatic heterocycles. The summed E-state index contributed by atoms with van der Waals surface area (Å²) in [4.78, 5) is 5.17. The summed E-state index contributed by atoms with van der Waals surface area (Å²) in [6.45, 7) is 7.40. The third-order valence-electron chi connectivity index (χ3n) is 2.30. The quantitative estimate of drug-likeness (QED) is 0.549. The summed E-state index contributed by atoms with van der Waals surface area (Å²) in [6, 6.07) is 7.74. The zero-order valence-electron chi connectivity index (χ0n) is 11.3. The van der Waals surface area contributed by atoms with E-state index in [-0.39, 0.29) is 6.61 Å². The molecule has 4 nitrogen and oxygen atoms in total. The van der Waals surface area contributed by atoms with Gasteiger partial charge in [0.25, 0.3) is 0 Å². The number of benzene rings is 1. The van der Waals surface area contributed by atoms with Crippen molar-refractivity contribution < 1.29 is 14.7 Å². The monoisotopic (exact) mass is 253 g/mol. The topological polar surface area (TPSA) is 50.7 Å². The molecule has 1 aromatic carbocycles. The molecule has 2 N–H and O–H groups in total. The van der Waals surface area contributed by atoms with Gasteiger partial charge in [0, 0.05) is 0 Å². The summed E-state index contributed by atoms with van der Waals surface area (Å²) in [5.41, 5.74) is 3.92. The molecule has 0 spiro atoms. The molecule has 0 heterocycles. The molecular weight excluding hydrogens is 230 g/mol. The van der Waals surface area contributed by atoms with Crippen LogP contribution >= 0.6 is 0 Å². The lowest BCUT2D eigenvalue weighted by Crippen LogP contribution is -2.32. The summed E-state index contributed by atoms with van der Waals surface area (Å²) in [6.07, 6.45) is -0.585. The van der Waals surface area contributed by atoms with Gasteiger partial charge >= 0.3 is 0 Å². The Hall–Kier alpha value is -1.10. The highest BCUT2D eigenvalue weighted by molar-refractivity contribution is 5.26. The van der Waals surface area contributed by atoms with Crippen LogP contribution in [0, 0.1) is 12.8 Å². The Kier molecular flexibility index (Phi) is 6.72. The minimum absolute atomic E-state index is 0.251. The molecule has 0 saturated carbocycles. The number of hydrogen-bond donors (Lipinski definition) is 2. The highest BCUT2D eigenvalue weighted by Gasteiger charge is 2.05. The maximum absolute atomic E-state index is 9.66. The van der Waals surface area contributed by atoms with Crippen molar-refractivity contribution >= 4 is 0 Å². The minimum Gasteiger partial charge on any atom is -0.491 e. The third kappa shape index (κ3) is 6.59. The lowest BCUT2D eigenvalue weighted by Gasteiger charge is -2.14. The van der Waals surface area contributed by atoms with Crippen LogP contribution in [0.2, 0.25) is 0 Å². The fourth-order valence-electron chi connectivity index (χ4n) is 1.27. The van der Waals surface area contributed by atoms with Crippen molar-refractivity contribution in [2.45, 2.75) is 26.9 Å². The minimum atomic E-state index is -0.585. The molecular formula is C14H23NO3. The number of rotatable bonds is 8. The molecule has 102 valence electrons. The second kappa shape index (κ2) is 8.08. The molecule has 0 radical (unpaired) electrons. The number of aliphatic hydroxyl groups excluding tert-OH is 1. The van der Waals surface area contributed by atoms with Crippen LogP contribution in [0.25, 0.3) is 0 Å². The Labute approximate surface area is 109 Å². The Bertz CT molecular complexity index is 324. The second-order valence-electron chi connectivity index (χ2n) is 4.83. The van der Waals surface area contributed by atoms with E-state index in [4.69, 9.17) is 9.57 Å². The molecule has 0 amide bonds. The lowest BCUT2D eigenvalue weighted by atomic mass is 10.2. The van der Waals surface area contributed by atoms with E-state index in [1.807, 2.05) is 31.2 Å². The fourth-order valence-corrected chi connectivity index (χ4v) is 1.27. The molecule has 0 bridgehead atoms. The van der Waals surface area contributed by atoms with Crippen molar-refractivity contribution in [3.05, 3.63) is 29.8 Å². The molecule has 0 fully saturated rings. The van der Waals surface area contributed by atoms with Gasteiger partial charge in [0.05, 0.1) is 13.2 Å². The number of nitrogens with one attached hydrogen (secondary N) is 1. The second-order valence-corrected chi connectivity index (χ2v) is 4.83. The highest BCUT2D eigenvalue weighted by atomic mass is 16.6. The largest absolute Gasteiger partial charge is 0.491 e. The van der Waals surface area contributed by atoms with Gasteiger partial charge < -0.3 is 14.7 Å². The van der Waals surface area contributed by atoms with Crippen LogP contribution in [0.3, 0.4) is 0 Å². The molecule has 18 heavy (non-hydrogen) atoms. The maximum atomic E-state index is 9.66. The van der Waals surface area contributed by atoms with Crippen molar-refractivity contribution in [1.82, 2.24) is 5.48 Å². The molecule has 4 heteroatoms. The van der Waals surface area contributed by atoms with E-state index in [0.29, 0.717) is 19.1 Å². The zero-order valence-corrected chi connectivity index (χ0v) is 11.3. The van der Waals surface area contributed by atoms with Gasteiger partial charge in [-0.05, 0) is 25.0 Å². The van der Waals surface area contributed by atoms with Gasteiger partial charge in [-0.15, -0.1) is 0 Å². The Morgan fingerprint density at radius 3 is 2.44 bits per heavy atom.